The van der Waals surface area contributed by atoms with Crippen LogP contribution in [0.1, 0.15) is 43.2 Å². The van der Waals surface area contributed by atoms with Gasteiger partial charge in [-0.3, -0.25) is 4.79 Å². The summed E-state index contributed by atoms with van der Waals surface area (Å²) in [6.45, 7) is 2.37. The number of alkyl carbamates (subject to hydrolysis) is 1. The molecule has 0 saturated carbocycles. The molecule has 34 heavy (non-hydrogen) atoms. The largest absolute Gasteiger partial charge is 0.479 e. The molecule has 0 aromatic heterocycles. The number of benzene rings is 2. The van der Waals surface area contributed by atoms with E-state index in [1.807, 2.05) is 31.2 Å². The highest BCUT2D eigenvalue weighted by molar-refractivity contribution is 5.85. The molecule has 3 N–H and O–H groups in total. The third-order valence-corrected chi connectivity index (χ3v) is 6.76. The van der Waals surface area contributed by atoms with Crippen molar-refractivity contribution < 1.29 is 29.3 Å². The highest BCUT2D eigenvalue weighted by Crippen LogP contribution is 2.44. The number of rotatable bonds is 9. The van der Waals surface area contributed by atoms with E-state index in [9.17, 15) is 19.5 Å². The number of carboxylic acids is 1. The molecule has 0 bridgehead atoms. The van der Waals surface area contributed by atoms with Gasteiger partial charge in [-0.25, -0.2) is 9.59 Å². The fourth-order valence-corrected chi connectivity index (χ4v) is 4.64. The van der Waals surface area contributed by atoms with E-state index in [4.69, 9.17) is 9.84 Å². The molecule has 0 radical (unpaired) electrons. The van der Waals surface area contributed by atoms with Crippen LogP contribution in [0.5, 0.6) is 0 Å². The van der Waals surface area contributed by atoms with Gasteiger partial charge in [0.15, 0.2) is 5.60 Å². The number of amides is 2. The average Bonchev–Trinajstić information content (AvgIpc) is 3.12. The van der Waals surface area contributed by atoms with E-state index in [2.05, 4.69) is 29.6 Å². The van der Waals surface area contributed by atoms with Gasteiger partial charge < -0.3 is 25.2 Å². The number of carbonyl (C=O) groups excluding carboxylic acids is 2. The summed E-state index contributed by atoms with van der Waals surface area (Å²) in [5, 5.41) is 21.4. The Morgan fingerprint density at radius 3 is 2.24 bits per heavy atom. The zero-order valence-electron chi connectivity index (χ0n) is 19.2. The molecule has 8 nitrogen and oxygen atoms in total. The molecule has 1 fully saturated rings. The van der Waals surface area contributed by atoms with Gasteiger partial charge in [-0.15, -0.1) is 0 Å². The number of likely N-dealkylation sites (tertiary alicyclic amines) is 1. The maximum absolute atomic E-state index is 12.3. The van der Waals surface area contributed by atoms with Crippen molar-refractivity contribution in [1.82, 2.24) is 10.2 Å². The summed E-state index contributed by atoms with van der Waals surface area (Å²) >= 11 is 0. The molecule has 1 saturated heterocycles. The molecular weight excluding hydrogens is 436 g/mol. The summed E-state index contributed by atoms with van der Waals surface area (Å²) in [7, 11) is 0. The molecule has 8 heteroatoms. The van der Waals surface area contributed by atoms with Gasteiger partial charge in [-0.1, -0.05) is 55.5 Å². The molecule has 0 spiro atoms. The third kappa shape index (κ3) is 4.92. The number of hydrogen-bond donors (Lipinski definition) is 3. The van der Waals surface area contributed by atoms with Crippen molar-refractivity contribution in [1.29, 1.82) is 0 Å². The third-order valence-electron chi connectivity index (χ3n) is 6.76. The average molecular weight is 467 g/mol. The lowest BCUT2D eigenvalue weighted by molar-refractivity contribution is -0.182. The molecule has 180 valence electrons. The van der Waals surface area contributed by atoms with Gasteiger partial charge in [0.1, 0.15) is 6.61 Å². The standard InChI is InChI=1S/C26H30N2O6/c1-17(10-11-23(29)28-15-26(33,16-28)24(30)31)12-13-27-25(32)34-14-22-20-8-4-2-6-18(20)19-7-3-5-9-21(19)22/h2-9,17,22,33H,10-16H2,1H3,(H,27,32)(H,30,31). The lowest BCUT2D eigenvalue weighted by atomic mass is 9.93. The van der Waals surface area contributed by atoms with E-state index in [0.717, 1.165) is 0 Å². The molecule has 1 atom stereocenters. The van der Waals surface area contributed by atoms with Crippen LogP contribution in [0, 0.1) is 5.92 Å². The van der Waals surface area contributed by atoms with Crippen molar-refractivity contribution in [2.24, 2.45) is 5.92 Å². The van der Waals surface area contributed by atoms with E-state index >= 15 is 0 Å². The van der Waals surface area contributed by atoms with Crippen molar-refractivity contribution in [3.05, 3.63) is 59.7 Å². The molecule has 2 amide bonds. The Bertz CT molecular complexity index is 1030. The number of nitrogens with one attached hydrogen (secondary N) is 1. The van der Waals surface area contributed by atoms with E-state index < -0.39 is 17.7 Å². The van der Waals surface area contributed by atoms with E-state index in [0.29, 0.717) is 19.4 Å². The van der Waals surface area contributed by atoms with Gasteiger partial charge in [0.25, 0.3) is 0 Å². The summed E-state index contributed by atoms with van der Waals surface area (Å²) in [5.41, 5.74) is 2.88. The SMILES string of the molecule is CC(CCNC(=O)OCC1c2ccccc2-c2ccccc21)CCC(=O)N1CC(O)(C(=O)O)C1. The van der Waals surface area contributed by atoms with Crippen LogP contribution < -0.4 is 5.32 Å². The number of aliphatic carboxylic acids is 1. The molecular formula is C26H30N2O6. The Kier molecular flexibility index (Phi) is 6.88. The van der Waals surface area contributed by atoms with Gasteiger partial charge in [-0.05, 0) is 41.0 Å². The summed E-state index contributed by atoms with van der Waals surface area (Å²) in [6.07, 6.45) is 1.13. The normalized spacial score (nSPS) is 16.7. The van der Waals surface area contributed by atoms with Gasteiger partial charge in [0, 0.05) is 18.9 Å². The van der Waals surface area contributed by atoms with Crippen molar-refractivity contribution in [2.45, 2.75) is 37.7 Å². The van der Waals surface area contributed by atoms with Crippen LogP contribution in [0.15, 0.2) is 48.5 Å². The van der Waals surface area contributed by atoms with Crippen molar-refractivity contribution in [3.63, 3.8) is 0 Å². The van der Waals surface area contributed by atoms with Gasteiger partial charge in [0.2, 0.25) is 5.91 Å². The molecule has 4 rings (SSSR count). The second-order valence-corrected chi connectivity index (χ2v) is 9.27. The highest BCUT2D eigenvalue weighted by atomic mass is 16.5. The molecule has 2 aromatic carbocycles. The Hall–Kier alpha value is -3.39. The quantitative estimate of drug-likeness (QED) is 0.523. The summed E-state index contributed by atoms with van der Waals surface area (Å²) in [4.78, 5) is 36.7. The number of hydrogen-bond acceptors (Lipinski definition) is 5. The number of β-amino-alcohol motifs (C(OH)–C–C–N with tert-alkyl or cyclic N) is 1. The second-order valence-electron chi connectivity index (χ2n) is 9.27. The lowest BCUT2D eigenvalue weighted by Gasteiger charge is -2.43. The van der Waals surface area contributed by atoms with Crippen molar-refractivity contribution in [3.8, 4) is 11.1 Å². The van der Waals surface area contributed by atoms with E-state index in [1.165, 1.54) is 27.2 Å². The molecule has 1 aliphatic carbocycles. The summed E-state index contributed by atoms with van der Waals surface area (Å²) < 4.78 is 5.53. The number of ether oxygens (including phenoxy) is 1. The molecule has 1 unspecified atom stereocenters. The number of nitrogens with zero attached hydrogens (tertiary/aromatic N) is 1. The topological polar surface area (TPSA) is 116 Å². The zero-order valence-corrected chi connectivity index (χ0v) is 19.2. The predicted molar refractivity (Wildman–Crippen MR) is 125 cm³/mol. The number of carbonyl (C=O) groups is 3. The number of fused-ring (bicyclic) bond motifs is 3. The maximum Gasteiger partial charge on any atom is 0.407 e. The zero-order chi connectivity index (χ0) is 24.3. The molecule has 2 aliphatic rings. The van der Waals surface area contributed by atoms with Crippen LogP contribution in [-0.4, -0.2) is 64.9 Å². The monoisotopic (exact) mass is 466 g/mol. The van der Waals surface area contributed by atoms with E-state index in [1.54, 1.807) is 0 Å². The minimum Gasteiger partial charge on any atom is -0.479 e. The van der Waals surface area contributed by atoms with Gasteiger partial charge in [0.05, 0.1) is 13.1 Å². The lowest BCUT2D eigenvalue weighted by Crippen LogP contribution is -2.67. The fraction of sp³-hybridized carbons (Fsp3) is 0.423. The first-order valence-corrected chi connectivity index (χ1v) is 11.6. The van der Waals surface area contributed by atoms with Gasteiger partial charge >= 0.3 is 12.1 Å². The number of aliphatic hydroxyl groups is 1. The van der Waals surface area contributed by atoms with Crippen LogP contribution in [0.25, 0.3) is 11.1 Å². The van der Waals surface area contributed by atoms with Crippen LogP contribution in [0.2, 0.25) is 0 Å². The highest BCUT2D eigenvalue weighted by Gasteiger charge is 2.49. The van der Waals surface area contributed by atoms with Crippen LogP contribution >= 0.6 is 0 Å². The van der Waals surface area contributed by atoms with Crippen molar-refractivity contribution >= 4 is 18.0 Å². The summed E-state index contributed by atoms with van der Waals surface area (Å²) in [5.74, 6) is -1.26. The Labute approximate surface area is 198 Å². The second kappa shape index (κ2) is 9.85. The van der Waals surface area contributed by atoms with Crippen LogP contribution in [0.4, 0.5) is 4.79 Å². The summed E-state index contributed by atoms with van der Waals surface area (Å²) in [6, 6.07) is 16.4. The smallest absolute Gasteiger partial charge is 0.407 e. The van der Waals surface area contributed by atoms with Crippen LogP contribution in [-0.2, 0) is 14.3 Å². The number of carboxylic acid groups (broad SMARTS) is 1. The first-order valence-electron chi connectivity index (χ1n) is 11.6. The minimum absolute atomic E-state index is 0.0170. The Morgan fingerprint density at radius 2 is 1.65 bits per heavy atom. The van der Waals surface area contributed by atoms with Crippen molar-refractivity contribution in [2.75, 3.05) is 26.2 Å². The molecule has 1 aliphatic heterocycles. The van der Waals surface area contributed by atoms with Gasteiger partial charge in [-0.2, -0.15) is 0 Å². The minimum atomic E-state index is -1.81. The Morgan fingerprint density at radius 1 is 1.06 bits per heavy atom. The van der Waals surface area contributed by atoms with Crippen LogP contribution in [0.3, 0.4) is 0 Å². The fourth-order valence-electron chi connectivity index (χ4n) is 4.64. The van der Waals surface area contributed by atoms with E-state index in [-0.39, 0.29) is 43.9 Å². The first kappa shape index (κ1) is 23.8. The Balaban J connectivity index is 1.16. The predicted octanol–water partition coefficient (Wildman–Crippen LogP) is 2.99. The molecule has 2 aromatic rings. The first-order chi connectivity index (χ1) is 16.3. The molecule has 1 heterocycles. The maximum atomic E-state index is 12.3.